The quantitative estimate of drug-likeness (QED) is 0.148. The molecule has 40 heavy (non-hydrogen) atoms. The molecule has 2 aromatic heterocycles. The molecule has 5 aromatic rings. The minimum atomic E-state index is -0.516. The van der Waals surface area contributed by atoms with Crippen LogP contribution in [0, 0.1) is 6.07 Å². The topological polar surface area (TPSA) is 60.3 Å². The maximum atomic E-state index is 13.5. The molecule has 0 saturated heterocycles. The van der Waals surface area contributed by atoms with Crippen LogP contribution in [0.5, 0.6) is 0 Å². The molecule has 3 aromatic carbocycles. The Labute approximate surface area is 239 Å². The lowest BCUT2D eigenvalue weighted by atomic mass is 10.1. The molecular formula is C34H33N2O3S. The monoisotopic (exact) mass is 549 g/mol. The molecule has 1 radical (unpaired) electrons. The number of carbonyl (C=O) groups excluding carboxylic acids is 2. The number of aryl methyl sites for hydroxylation is 1. The third-order valence-electron chi connectivity index (χ3n) is 6.52. The molecule has 0 saturated carbocycles. The number of carbonyl (C=O) groups is 2. The molecule has 1 amide bonds. The van der Waals surface area contributed by atoms with Crippen LogP contribution in [0.1, 0.15) is 48.8 Å². The molecule has 5 nitrogen and oxygen atoms in total. The summed E-state index contributed by atoms with van der Waals surface area (Å²) in [5.41, 5.74) is 4.46. The molecule has 5 rings (SSSR count). The van der Waals surface area contributed by atoms with Gasteiger partial charge in [0, 0.05) is 46.2 Å². The Kier molecular flexibility index (Phi) is 8.17. The van der Waals surface area contributed by atoms with Gasteiger partial charge in [0.25, 0.3) is 0 Å². The minimum absolute atomic E-state index is 0.000836. The van der Waals surface area contributed by atoms with Gasteiger partial charge in [0.2, 0.25) is 5.78 Å². The molecule has 6 heteroatoms. The number of amides is 1. The fourth-order valence-corrected chi connectivity index (χ4v) is 5.59. The summed E-state index contributed by atoms with van der Waals surface area (Å²) in [5, 5.41) is 3.93. The summed E-state index contributed by atoms with van der Waals surface area (Å²) in [5.74, 6) is 0.000836. The fraction of sp³-hybridized carbons (Fsp3) is 0.235. The Morgan fingerprint density at radius 3 is 2.30 bits per heavy atom. The van der Waals surface area contributed by atoms with Crippen molar-refractivity contribution in [2.45, 2.75) is 45.8 Å². The van der Waals surface area contributed by atoms with Crippen LogP contribution in [-0.2, 0) is 11.3 Å². The van der Waals surface area contributed by atoms with Gasteiger partial charge in [-0.1, -0.05) is 72.8 Å². The lowest BCUT2D eigenvalue weighted by molar-refractivity contribution is 0.0526. The van der Waals surface area contributed by atoms with Crippen LogP contribution < -0.4 is 5.32 Å². The van der Waals surface area contributed by atoms with E-state index in [2.05, 4.69) is 34.1 Å². The van der Waals surface area contributed by atoms with Gasteiger partial charge in [-0.3, -0.25) is 4.79 Å². The molecule has 0 bridgehead atoms. The van der Waals surface area contributed by atoms with Crippen molar-refractivity contribution in [3.8, 4) is 21.7 Å². The highest BCUT2D eigenvalue weighted by molar-refractivity contribution is 7.17. The number of benzene rings is 3. The third-order valence-corrected chi connectivity index (χ3v) is 7.60. The van der Waals surface area contributed by atoms with Crippen molar-refractivity contribution >= 4 is 34.1 Å². The number of rotatable bonds is 9. The van der Waals surface area contributed by atoms with E-state index < -0.39 is 11.7 Å². The van der Waals surface area contributed by atoms with E-state index in [-0.39, 0.29) is 5.78 Å². The Morgan fingerprint density at radius 2 is 1.60 bits per heavy atom. The third kappa shape index (κ3) is 6.52. The van der Waals surface area contributed by atoms with E-state index in [0.29, 0.717) is 17.0 Å². The summed E-state index contributed by atoms with van der Waals surface area (Å²) in [6, 6.07) is 33.5. The molecule has 203 valence electrons. The van der Waals surface area contributed by atoms with Crippen LogP contribution in [0.15, 0.2) is 91.0 Å². The van der Waals surface area contributed by atoms with Crippen LogP contribution in [0.3, 0.4) is 0 Å². The first-order chi connectivity index (χ1) is 19.3. The van der Waals surface area contributed by atoms with Gasteiger partial charge < -0.3 is 14.6 Å². The first-order valence-electron chi connectivity index (χ1n) is 13.6. The average Bonchev–Trinajstić information content (AvgIpc) is 3.58. The number of unbranched alkanes of at least 4 members (excludes halogenated alkanes) is 1. The predicted molar refractivity (Wildman–Crippen MR) is 163 cm³/mol. The Balaban J connectivity index is 1.37. The van der Waals surface area contributed by atoms with Crippen LogP contribution in [0.4, 0.5) is 4.79 Å². The van der Waals surface area contributed by atoms with Crippen LogP contribution in [0.25, 0.3) is 32.6 Å². The number of hydrogen-bond donors (Lipinski definition) is 1. The number of nitrogens with one attached hydrogen (secondary N) is 1. The predicted octanol–water partition coefficient (Wildman–Crippen LogP) is 8.37. The van der Waals surface area contributed by atoms with Crippen LogP contribution >= 0.6 is 11.3 Å². The Hall–Kier alpha value is -4.16. The molecule has 2 heterocycles. The molecule has 0 atom stereocenters. The zero-order valence-electron chi connectivity index (χ0n) is 23.1. The maximum absolute atomic E-state index is 13.5. The standard InChI is InChI=1S/C34H33N2O3S/c1-34(2,3)39-33(38)35-20-10-11-21-36-28(24-12-6-4-7-13-24)22-26-16-17-27(23-29(26)36)32(37)31-19-18-30(40-31)25-14-8-5-9-15-25/h4-9,12-17,19,22-23H,10-11,20-21H2,1-3H3,(H,35,38). The summed E-state index contributed by atoms with van der Waals surface area (Å²) >= 11 is 1.47. The molecule has 0 spiro atoms. The fourth-order valence-electron chi connectivity index (χ4n) is 4.67. The van der Waals surface area contributed by atoms with Gasteiger partial charge in [0.05, 0.1) is 4.88 Å². The molecular weight excluding hydrogens is 516 g/mol. The number of fused-ring (bicyclic) bond motifs is 1. The first-order valence-corrected chi connectivity index (χ1v) is 14.4. The first kappa shape index (κ1) is 27.4. The molecule has 0 aliphatic rings. The summed E-state index contributed by atoms with van der Waals surface area (Å²) in [6.07, 6.45) is 1.27. The van der Waals surface area contributed by atoms with Gasteiger partial charge in [-0.2, -0.15) is 0 Å². The number of thiophene rings is 1. The van der Waals surface area contributed by atoms with E-state index in [1.807, 2.05) is 87.5 Å². The van der Waals surface area contributed by atoms with E-state index in [0.717, 1.165) is 52.0 Å². The van der Waals surface area contributed by atoms with Crippen LogP contribution in [0.2, 0.25) is 0 Å². The van der Waals surface area contributed by atoms with E-state index in [9.17, 15) is 9.59 Å². The van der Waals surface area contributed by atoms with Crippen molar-refractivity contribution < 1.29 is 14.3 Å². The number of aromatic nitrogens is 1. The van der Waals surface area contributed by atoms with Gasteiger partial charge in [0.1, 0.15) is 5.60 Å². The Bertz CT molecular complexity index is 1610. The molecule has 0 aliphatic carbocycles. The van der Waals surface area contributed by atoms with Gasteiger partial charge in [-0.15, -0.1) is 11.3 Å². The summed E-state index contributed by atoms with van der Waals surface area (Å²) in [4.78, 5) is 27.1. The second kappa shape index (κ2) is 11.9. The van der Waals surface area contributed by atoms with Crippen molar-refractivity contribution in [2.24, 2.45) is 0 Å². The summed E-state index contributed by atoms with van der Waals surface area (Å²) in [6.45, 7) is 6.86. The maximum Gasteiger partial charge on any atom is 0.407 e. The van der Waals surface area contributed by atoms with Crippen molar-refractivity contribution in [1.82, 2.24) is 9.88 Å². The smallest absolute Gasteiger partial charge is 0.407 e. The lowest BCUT2D eigenvalue weighted by Crippen LogP contribution is -2.33. The van der Waals surface area contributed by atoms with Gasteiger partial charge >= 0.3 is 6.09 Å². The van der Waals surface area contributed by atoms with Crippen molar-refractivity contribution in [3.63, 3.8) is 0 Å². The van der Waals surface area contributed by atoms with Crippen molar-refractivity contribution in [2.75, 3.05) is 6.54 Å². The number of nitrogens with zero attached hydrogens (tertiary/aromatic N) is 1. The second-order valence-corrected chi connectivity index (χ2v) is 11.8. The average molecular weight is 550 g/mol. The van der Waals surface area contributed by atoms with Crippen molar-refractivity contribution in [1.29, 1.82) is 0 Å². The highest BCUT2D eigenvalue weighted by Crippen LogP contribution is 2.32. The van der Waals surface area contributed by atoms with Gasteiger partial charge in [0.15, 0.2) is 0 Å². The zero-order chi connectivity index (χ0) is 28.1. The lowest BCUT2D eigenvalue weighted by Gasteiger charge is -2.19. The summed E-state index contributed by atoms with van der Waals surface area (Å²) < 4.78 is 7.62. The Morgan fingerprint density at radius 1 is 0.900 bits per heavy atom. The minimum Gasteiger partial charge on any atom is -0.444 e. The molecule has 1 N–H and O–H groups in total. The number of alkyl carbamates (subject to hydrolysis) is 1. The molecule has 0 aliphatic heterocycles. The highest BCUT2D eigenvalue weighted by atomic mass is 32.1. The largest absolute Gasteiger partial charge is 0.444 e. The number of ketones is 1. The van der Waals surface area contributed by atoms with E-state index in [4.69, 9.17) is 4.74 Å². The van der Waals surface area contributed by atoms with E-state index >= 15 is 0 Å². The van der Waals surface area contributed by atoms with Crippen molar-refractivity contribution in [3.05, 3.63) is 108 Å². The number of ether oxygens (including phenoxy) is 1. The number of hydrogen-bond acceptors (Lipinski definition) is 4. The van der Waals surface area contributed by atoms with E-state index in [1.165, 1.54) is 11.3 Å². The summed E-state index contributed by atoms with van der Waals surface area (Å²) in [7, 11) is 0. The zero-order valence-corrected chi connectivity index (χ0v) is 23.9. The normalized spacial score (nSPS) is 11.5. The van der Waals surface area contributed by atoms with Gasteiger partial charge in [-0.05, 0) is 62.9 Å². The second-order valence-electron chi connectivity index (χ2n) is 10.7. The van der Waals surface area contributed by atoms with Gasteiger partial charge in [-0.25, -0.2) is 4.79 Å². The molecule has 0 unspecified atom stereocenters. The van der Waals surface area contributed by atoms with Crippen LogP contribution in [-0.4, -0.2) is 28.6 Å². The molecule has 0 fully saturated rings. The van der Waals surface area contributed by atoms with E-state index in [1.54, 1.807) is 6.07 Å². The highest BCUT2D eigenvalue weighted by Gasteiger charge is 2.18. The SMILES string of the molecule is CC(C)(C)OC(=O)NCCCCn1c(-c2ccccc2)cc2ccc(C(=O)c3c[c]c(-c4ccccc4)s3)cc21.